The van der Waals surface area contributed by atoms with Crippen molar-refractivity contribution in [3.05, 3.63) is 12.1 Å². The molecule has 102 valence electrons. The molecule has 0 fully saturated rings. The Kier molecular flexibility index (Phi) is 4.82. The van der Waals surface area contributed by atoms with Gasteiger partial charge in [0.25, 0.3) is 0 Å². The minimum absolute atomic E-state index is 0.0538. The van der Waals surface area contributed by atoms with Crippen LogP contribution in [0.25, 0.3) is 0 Å². The number of anilines is 2. The van der Waals surface area contributed by atoms with E-state index in [1.165, 1.54) is 0 Å². The lowest BCUT2D eigenvalue weighted by Gasteiger charge is -2.29. The maximum Gasteiger partial charge on any atom is 0.239 e. The molecule has 0 spiro atoms. The highest BCUT2D eigenvalue weighted by molar-refractivity contribution is 5.54. The van der Waals surface area contributed by atoms with E-state index in [4.69, 9.17) is 10.5 Å². The van der Waals surface area contributed by atoms with Crippen LogP contribution in [0.2, 0.25) is 0 Å². The summed E-state index contributed by atoms with van der Waals surface area (Å²) >= 11 is 0. The summed E-state index contributed by atoms with van der Waals surface area (Å²) < 4.78 is 5.59. The minimum atomic E-state index is 0.0538. The molecular weight excluding hydrogens is 226 g/mol. The Labute approximate surface area is 110 Å². The van der Waals surface area contributed by atoms with Gasteiger partial charge in [0, 0.05) is 5.54 Å². The topological polar surface area (TPSA) is 60.2 Å². The van der Waals surface area contributed by atoms with Gasteiger partial charge < -0.3 is 15.8 Å². The monoisotopic (exact) mass is 251 g/mol. The first-order chi connectivity index (χ1) is 8.40. The number of hydrogen-bond acceptors (Lipinski definition) is 4. The van der Waals surface area contributed by atoms with Gasteiger partial charge in [-0.3, -0.25) is 0 Å². The second-order valence-electron chi connectivity index (χ2n) is 5.15. The lowest BCUT2D eigenvalue weighted by atomic mass is 9.96. The molecule has 3 N–H and O–H groups in total. The number of aromatic nitrogens is 1. The lowest BCUT2D eigenvalue weighted by molar-refractivity contribution is 0.234. The van der Waals surface area contributed by atoms with Crippen LogP contribution in [0.15, 0.2) is 12.1 Å². The largest absolute Gasteiger partial charge is 0.473 e. The van der Waals surface area contributed by atoms with Gasteiger partial charge in [-0.05, 0) is 45.7 Å². The van der Waals surface area contributed by atoms with Crippen molar-refractivity contribution in [3.63, 3.8) is 0 Å². The van der Waals surface area contributed by atoms with E-state index in [1.807, 2.05) is 26.0 Å². The van der Waals surface area contributed by atoms with E-state index in [2.05, 4.69) is 31.1 Å². The zero-order valence-corrected chi connectivity index (χ0v) is 12.1. The zero-order valence-electron chi connectivity index (χ0n) is 12.1. The molecule has 0 unspecified atom stereocenters. The highest BCUT2D eigenvalue weighted by Crippen LogP contribution is 2.25. The highest BCUT2D eigenvalue weighted by atomic mass is 16.5. The summed E-state index contributed by atoms with van der Waals surface area (Å²) in [5, 5.41) is 3.45. The fourth-order valence-corrected chi connectivity index (χ4v) is 1.57. The zero-order chi connectivity index (χ0) is 13.8. The molecule has 0 atom stereocenters. The minimum Gasteiger partial charge on any atom is -0.473 e. The van der Waals surface area contributed by atoms with Crippen LogP contribution in [0, 0.1) is 0 Å². The molecule has 0 aromatic carbocycles. The second-order valence-corrected chi connectivity index (χ2v) is 5.15. The van der Waals surface area contributed by atoms with Gasteiger partial charge in [0.05, 0.1) is 11.8 Å². The molecule has 1 rings (SSSR count). The molecule has 0 saturated carbocycles. The first-order valence-corrected chi connectivity index (χ1v) is 6.61. The van der Waals surface area contributed by atoms with Crippen LogP contribution < -0.4 is 15.8 Å². The molecule has 1 aromatic rings. The Hall–Kier alpha value is -1.45. The smallest absolute Gasteiger partial charge is 0.239 e. The van der Waals surface area contributed by atoms with Crippen LogP contribution in [0.4, 0.5) is 11.5 Å². The van der Waals surface area contributed by atoms with Gasteiger partial charge in [0.15, 0.2) is 0 Å². The fraction of sp³-hybridized carbons (Fsp3) is 0.643. The third kappa shape index (κ3) is 3.79. The van der Waals surface area contributed by atoms with Gasteiger partial charge in [-0.1, -0.05) is 13.8 Å². The number of rotatable bonds is 6. The third-order valence-electron chi connectivity index (χ3n) is 3.23. The third-order valence-corrected chi connectivity index (χ3v) is 3.23. The fourth-order valence-electron chi connectivity index (χ4n) is 1.57. The Morgan fingerprint density at radius 1 is 1.33 bits per heavy atom. The summed E-state index contributed by atoms with van der Waals surface area (Å²) in [5.41, 5.74) is 6.48. The van der Waals surface area contributed by atoms with Crippen molar-refractivity contribution in [1.82, 2.24) is 4.98 Å². The van der Waals surface area contributed by atoms with Crippen LogP contribution in [0.1, 0.15) is 47.5 Å². The number of ether oxygens (including phenoxy) is 1. The van der Waals surface area contributed by atoms with Crippen molar-refractivity contribution < 1.29 is 4.74 Å². The van der Waals surface area contributed by atoms with E-state index < -0.39 is 0 Å². The van der Waals surface area contributed by atoms with E-state index >= 15 is 0 Å². The lowest BCUT2D eigenvalue weighted by Crippen LogP contribution is -2.33. The van der Waals surface area contributed by atoms with E-state index in [1.54, 1.807) is 0 Å². The maximum atomic E-state index is 5.85. The highest BCUT2D eigenvalue weighted by Gasteiger charge is 2.20. The quantitative estimate of drug-likeness (QED) is 0.813. The molecule has 0 aliphatic rings. The Morgan fingerprint density at radius 3 is 2.44 bits per heavy atom. The van der Waals surface area contributed by atoms with E-state index in [9.17, 15) is 0 Å². The summed E-state index contributed by atoms with van der Waals surface area (Å²) in [6.07, 6.45) is 2.14. The summed E-state index contributed by atoms with van der Waals surface area (Å²) in [7, 11) is 0. The molecule has 0 saturated heterocycles. The molecule has 4 heteroatoms. The van der Waals surface area contributed by atoms with Crippen molar-refractivity contribution >= 4 is 11.5 Å². The predicted octanol–water partition coefficient (Wildman–Crippen LogP) is 3.44. The van der Waals surface area contributed by atoms with Crippen LogP contribution >= 0.6 is 0 Å². The molecule has 0 aliphatic heterocycles. The van der Waals surface area contributed by atoms with E-state index in [-0.39, 0.29) is 11.6 Å². The predicted molar refractivity (Wildman–Crippen MR) is 77.0 cm³/mol. The molecule has 4 nitrogen and oxygen atoms in total. The number of nitrogens with two attached hydrogens (primary N) is 1. The normalized spacial score (nSPS) is 11.7. The van der Waals surface area contributed by atoms with Crippen LogP contribution in [-0.4, -0.2) is 16.6 Å². The van der Waals surface area contributed by atoms with Crippen LogP contribution in [0.3, 0.4) is 0 Å². The van der Waals surface area contributed by atoms with Crippen LogP contribution in [-0.2, 0) is 0 Å². The summed E-state index contributed by atoms with van der Waals surface area (Å²) in [5.74, 6) is 1.32. The molecule has 18 heavy (non-hydrogen) atoms. The maximum absolute atomic E-state index is 5.85. The van der Waals surface area contributed by atoms with Crippen molar-refractivity contribution in [2.75, 3.05) is 11.1 Å². The van der Waals surface area contributed by atoms with Gasteiger partial charge in [-0.2, -0.15) is 4.98 Å². The van der Waals surface area contributed by atoms with E-state index in [0.29, 0.717) is 11.6 Å². The Bertz CT molecular complexity index is 387. The number of pyridine rings is 1. The van der Waals surface area contributed by atoms with Crippen molar-refractivity contribution in [2.45, 2.75) is 59.1 Å². The average molecular weight is 251 g/mol. The van der Waals surface area contributed by atoms with Crippen molar-refractivity contribution in [3.8, 4) is 5.88 Å². The molecule has 0 bridgehead atoms. The van der Waals surface area contributed by atoms with E-state index in [0.717, 1.165) is 18.7 Å². The molecule has 1 aromatic heterocycles. The standard InChI is InChI=1S/C14H25N3O/c1-6-14(5,7-2)17-12-9-8-11(15)13(16-12)18-10(3)4/h8-10H,6-7,15H2,1-5H3,(H,16,17). The molecule has 0 radical (unpaired) electrons. The SMILES string of the molecule is CCC(C)(CC)Nc1ccc(N)c(OC(C)C)n1. The van der Waals surface area contributed by atoms with Gasteiger partial charge in [-0.25, -0.2) is 0 Å². The van der Waals surface area contributed by atoms with Gasteiger partial charge in [0.2, 0.25) is 5.88 Å². The van der Waals surface area contributed by atoms with Crippen molar-refractivity contribution in [2.24, 2.45) is 0 Å². The van der Waals surface area contributed by atoms with Gasteiger partial charge in [0.1, 0.15) is 5.82 Å². The molecule has 0 aliphatic carbocycles. The number of nitrogen functional groups attached to an aromatic ring is 1. The molecular formula is C14H25N3O. The molecule has 0 amide bonds. The second kappa shape index (κ2) is 5.94. The first-order valence-electron chi connectivity index (χ1n) is 6.61. The number of hydrogen-bond donors (Lipinski definition) is 2. The van der Waals surface area contributed by atoms with Crippen LogP contribution in [0.5, 0.6) is 5.88 Å². The van der Waals surface area contributed by atoms with Crippen molar-refractivity contribution in [1.29, 1.82) is 0 Å². The summed E-state index contributed by atoms with van der Waals surface area (Å²) in [4.78, 5) is 4.44. The average Bonchev–Trinajstić information content (AvgIpc) is 2.33. The molecule has 1 heterocycles. The summed E-state index contributed by atoms with van der Waals surface area (Å²) in [6, 6.07) is 3.73. The Morgan fingerprint density at radius 2 is 1.94 bits per heavy atom. The summed E-state index contributed by atoms with van der Waals surface area (Å²) in [6.45, 7) is 10.4. The van der Waals surface area contributed by atoms with Gasteiger partial charge >= 0.3 is 0 Å². The number of nitrogens with zero attached hydrogens (tertiary/aromatic N) is 1. The first kappa shape index (κ1) is 14.6. The van der Waals surface area contributed by atoms with Gasteiger partial charge in [-0.15, -0.1) is 0 Å². The Balaban J connectivity index is 2.91. The number of nitrogens with one attached hydrogen (secondary N) is 1.